The molecule has 0 aliphatic carbocycles. The molecule has 1 aromatic carbocycles. The number of urea groups is 1. The van der Waals surface area contributed by atoms with Crippen LogP contribution in [0.1, 0.15) is 24.8 Å². The Morgan fingerprint density at radius 2 is 2.11 bits per heavy atom. The second-order valence-corrected chi connectivity index (χ2v) is 7.73. The highest BCUT2D eigenvalue weighted by Crippen LogP contribution is 2.24. The van der Waals surface area contributed by atoms with Gasteiger partial charge in [-0.1, -0.05) is 0 Å². The fraction of sp³-hybridized carbons (Fsp3) is 0.524. The van der Waals surface area contributed by atoms with Crippen molar-refractivity contribution in [1.82, 2.24) is 10.2 Å². The van der Waals surface area contributed by atoms with Crippen molar-refractivity contribution in [3.05, 3.63) is 40.2 Å². The summed E-state index contributed by atoms with van der Waals surface area (Å²) in [6.07, 6.45) is 3.49. The van der Waals surface area contributed by atoms with E-state index in [2.05, 4.69) is 15.5 Å². The third kappa shape index (κ3) is 4.20. The Kier molecular flexibility index (Phi) is 5.64. The average molecular weight is 385 g/mol. The summed E-state index contributed by atoms with van der Waals surface area (Å²) in [5.41, 5.74) is 1.54. The van der Waals surface area contributed by atoms with Crippen molar-refractivity contribution in [1.29, 1.82) is 0 Å². The molecule has 2 aliphatic heterocycles. The number of rotatable bonds is 5. The number of nitrogens with one attached hydrogen (secondary N) is 2. The molecule has 1 aromatic heterocycles. The normalized spacial score (nSPS) is 21.1. The van der Waals surface area contributed by atoms with Gasteiger partial charge in [0, 0.05) is 48.3 Å². The molecule has 2 aromatic rings. The highest BCUT2D eigenvalue weighted by molar-refractivity contribution is 5.92. The zero-order chi connectivity index (χ0) is 19.5. The van der Waals surface area contributed by atoms with E-state index in [0.29, 0.717) is 29.8 Å². The Morgan fingerprint density at radius 1 is 1.29 bits per heavy atom. The summed E-state index contributed by atoms with van der Waals surface area (Å²) < 4.78 is 10.8. The minimum atomic E-state index is -0.390. The van der Waals surface area contributed by atoms with Crippen LogP contribution < -0.4 is 16.3 Å². The van der Waals surface area contributed by atoms with E-state index in [1.807, 2.05) is 19.1 Å². The lowest BCUT2D eigenvalue weighted by molar-refractivity contribution is 0.135. The van der Waals surface area contributed by atoms with Crippen molar-refractivity contribution < 1.29 is 13.9 Å². The van der Waals surface area contributed by atoms with Crippen molar-refractivity contribution >= 4 is 22.7 Å². The summed E-state index contributed by atoms with van der Waals surface area (Å²) in [5, 5.41) is 6.73. The quantitative estimate of drug-likeness (QED) is 0.773. The molecule has 0 spiro atoms. The van der Waals surface area contributed by atoms with Gasteiger partial charge in [-0.2, -0.15) is 0 Å². The van der Waals surface area contributed by atoms with E-state index >= 15 is 0 Å². The van der Waals surface area contributed by atoms with Crippen LogP contribution in [0.15, 0.2) is 33.5 Å². The molecule has 7 nitrogen and oxygen atoms in total. The highest BCUT2D eigenvalue weighted by atomic mass is 16.5. The van der Waals surface area contributed by atoms with Gasteiger partial charge < -0.3 is 19.8 Å². The first-order valence-corrected chi connectivity index (χ1v) is 10.0. The largest absolute Gasteiger partial charge is 0.423 e. The van der Waals surface area contributed by atoms with Crippen molar-refractivity contribution in [2.24, 2.45) is 5.92 Å². The molecule has 2 aliphatic rings. The van der Waals surface area contributed by atoms with Gasteiger partial charge in [0.05, 0.1) is 6.61 Å². The molecule has 2 atom stereocenters. The molecule has 150 valence electrons. The second-order valence-electron chi connectivity index (χ2n) is 7.73. The smallest absolute Gasteiger partial charge is 0.336 e. The van der Waals surface area contributed by atoms with Crippen LogP contribution in [-0.2, 0) is 4.74 Å². The van der Waals surface area contributed by atoms with Gasteiger partial charge in [0.25, 0.3) is 0 Å². The SMILES string of the molecule is Cc1cc(=O)oc2cc(NC(=O)NCC(C3CCOC3)N3CCCC3)ccc12. The first-order valence-electron chi connectivity index (χ1n) is 10.0. The van der Waals surface area contributed by atoms with Crippen molar-refractivity contribution in [2.45, 2.75) is 32.2 Å². The summed E-state index contributed by atoms with van der Waals surface area (Å²) in [4.78, 5) is 26.5. The summed E-state index contributed by atoms with van der Waals surface area (Å²) in [6.45, 7) is 6.23. The fourth-order valence-electron chi connectivity index (χ4n) is 4.30. The van der Waals surface area contributed by atoms with Crippen LogP contribution in [0.2, 0.25) is 0 Å². The molecule has 3 heterocycles. The van der Waals surface area contributed by atoms with Gasteiger partial charge in [-0.3, -0.25) is 4.90 Å². The van der Waals surface area contributed by atoms with Crippen molar-refractivity contribution in [3.63, 3.8) is 0 Å². The lowest BCUT2D eigenvalue weighted by Gasteiger charge is -2.31. The van der Waals surface area contributed by atoms with Gasteiger partial charge in [-0.15, -0.1) is 0 Å². The molecule has 28 heavy (non-hydrogen) atoms. The third-order valence-electron chi connectivity index (χ3n) is 5.80. The standard InChI is InChI=1S/C21H27N3O4/c1-14-10-20(25)28-19-11-16(4-5-17(14)19)23-21(26)22-12-18(15-6-9-27-13-15)24-7-2-3-8-24/h4-5,10-11,15,18H,2-3,6-9,12-13H2,1H3,(H2,22,23,26). The average Bonchev–Trinajstić information content (AvgIpc) is 3.36. The second kappa shape index (κ2) is 8.32. The molecule has 4 rings (SSSR count). The van der Waals surface area contributed by atoms with Gasteiger partial charge in [0.1, 0.15) is 5.58 Å². The Labute approximate surface area is 164 Å². The van der Waals surface area contributed by atoms with E-state index in [1.165, 1.54) is 18.9 Å². The number of likely N-dealkylation sites (tertiary alicyclic amines) is 1. The summed E-state index contributed by atoms with van der Waals surface area (Å²) >= 11 is 0. The molecule has 0 bridgehead atoms. The third-order valence-corrected chi connectivity index (χ3v) is 5.80. The number of ether oxygens (including phenoxy) is 1. The monoisotopic (exact) mass is 385 g/mol. The maximum Gasteiger partial charge on any atom is 0.336 e. The Bertz CT molecular complexity index is 882. The summed E-state index contributed by atoms with van der Waals surface area (Å²) in [6, 6.07) is 6.88. The molecule has 2 unspecified atom stereocenters. The number of hydrogen-bond donors (Lipinski definition) is 2. The van der Waals surface area contributed by atoms with Crippen LogP contribution in [-0.4, -0.2) is 49.8 Å². The molecule has 0 saturated carbocycles. The van der Waals surface area contributed by atoms with Gasteiger partial charge in [-0.25, -0.2) is 9.59 Å². The first-order chi connectivity index (χ1) is 13.6. The van der Waals surface area contributed by atoms with E-state index in [-0.39, 0.29) is 11.7 Å². The number of hydrogen-bond acceptors (Lipinski definition) is 5. The molecule has 2 N–H and O–H groups in total. The molecular formula is C21H27N3O4. The van der Waals surface area contributed by atoms with Gasteiger partial charge in [0.2, 0.25) is 0 Å². The topological polar surface area (TPSA) is 83.8 Å². The minimum Gasteiger partial charge on any atom is -0.423 e. The zero-order valence-electron chi connectivity index (χ0n) is 16.2. The van der Waals surface area contributed by atoms with E-state index < -0.39 is 0 Å². The van der Waals surface area contributed by atoms with Gasteiger partial charge in [0.15, 0.2) is 0 Å². The Morgan fingerprint density at radius 3 is 2.86 bits per heavy atom. The van der Waals surface area contributed by atoms with Gasteiger partial charge >= 0.3 is 11.7 Å². The highest BCUT2D eigenvalue weighted by Gasteiger charge is 2.32. The number of carbonyl (C=O) groups is 1. The van der Waals surface area contributed by atoms with E-state index in [4.69, 9.17) is 9.15 Å². The van der Waals surface area contributed by atoms with E-state index in [0.717, 1.165) is 43.7 Å². The maximum atomic E-state index is 12.5. The lowest BCUT2D eigenvalue weighted by Crippen LogP contribution is -2.48. The van der Waals surface area contributed by atoms with Crippen molar-refractivity contribution in [2.75, 3.05) is 38.2 Å². The Hall–Kier alpha value is -2.38. The number of amides is 2. The van der Waals surface area contributed by atoms with Crippen LogP contribution >= 0.6 is 0 Å². The molecule has 0 radical (unpaired) electrons. The molecule has 2 saturated heterocycles. The number of benzene rings is 1. The van der Waals surface area contributed by atoms with E-state index in [1.54, 1.807) is 6.07 Å². The minimum absolute atomic E-state index is 0.252. The number of aryl methyl sites for hydroxylation is 1. The van der Waals surface area contributed by atoms with E-state index in [9.17, 15) is 9.59 Å². The molecule has 7 heteroatoms. The number of carbonyl (C=O) groups excluding carboxylic acids is 1. The van der Waals surface area contributed by atoms with Crippen LogP contribution in [0.4, 0.5) is 10.5 Å². The van der Waals surface area contributed by atoms with Crippen LogP contribution in [0.3, 0.4) is 0 Å². The number of fused-ring (bicyclic) bond motifs is 1. The first kappa shape index (κ1) is 19.0. The molecule has 2 fully saturated rings. The summed E-state index contributed by atoms with van der Waals surface area (Å²) in [7, 11) is 0. The number of nitrogens with zero attached hydrogens (tertiary/aromatic N) is 1. The van der Waals surface area contributed by atoms with Crippen LogP contribution in [0, 0.1) is 12.8 Å². The molecular weight excluding hydrogens is 358 g/mol. The fourth-order valence-corrected chi connectivity index (χ4v) is 4.30. The predicted octanol–water partition coefficient (Wildman–Crippen LogP) is 2.72. The predicted molar refractivity (Wildman–Crippen MR) is 108 cm³/mol. The molecule has 2 amide bonds. The summed E-state index contributed by atoms with van der Waals surface area (Å²) in [5.74, 6) is 0.469. The Balaban J connectivity index is 1.40. The lowest BCUT2D eigenvalue weighted by atomic mass is 9.97. The number of anilines is 1. The van der Waals surface area contributed by atoms with Crippen molar-refractivity contribution in [3.8, 4) is 0 Å². The van der Waals surface area contributed by atoms with Crippen LogP contribution in [0.5, 0.6) is 0 Å². The zero-order valence-corrected chi connectivity index (χ0v) is 16.2. The van der Waals surface area contributed by atoms with Crippen LogP contribution in [0.25, 0.3) is 11.0 Å². The maximum absolute atomic E-state index is 12.5. The van der Waals surface area contributed by atoms with Gasteiger partial charge in [-0.05, 0) is 57.0 Å².